The van der Waals surface area contributed by atoms with Crippen molar-refractivity contribution in [1.29, 1.82) is 0 Å². The fourth-order valence-corrected chi connectivity index (χ4v) is 4.51. The van der Waals surface area contributed by atoms with Crippen LogP contribution in [0.3, 0.4) is 0 Å². The van der Waals surface area contributed by atoms with E-state index in [2.05, 4.69) is 40.6 Å². The summed E-state index contributed by atoms with van der Waals surface area (Å²) in [4.78, 5) is 32.1. The van der Waals surface area contributed by atoms with E-state index in [0.717, 1.165) is 22.3 Å². The van der Waals surface area contributed by atoms with E-state index in [-0.39, 0.29) is 11.8 Å². The van der Waals surface area contributed by atoms with Gasteiger partial charge in [-0.3, -0.25) is 14.6 Å². The molecule has 1 aromatic heterocycles. The number of carbonyl (C=O) groups is 2. The number of hydrogen-bond donors (Lipinski definition) is 1. The number of carbonyl (C=O) groups excluding carboxylic acids is 2. The number of amides is 2. The maximum atomic E-state index is 13.2. The van der Waals surface area contributed by atoms with Crippen LogP contribution in [0.2, 0.25) is 0 Å². The summed E-state index contributed by atoms with van der Waals surface area (Å²) in [5.41, 5.74) is 3.68. The highest BCUT2D eigenvalue weighted by molar-refractivity contribution is 5.86. The number of hydrogen-bond acceptors (Lipinski definition) is 3. The minimum absolute atomic E-state index is 0.0294. The van der Waals surface area contributed by atoms with Gasteiger partial charge in [-0.25, -0.2) is 0 Å². The topological polar surface area (TPSA) is 62.3 Å². The minimum atomic E-state index is -0.615. The fourth-order valence-electron chi connectivity index (χ4n) is 4.51. The molecule has 3 aromatic rings. The van der Waals surface area contributed by atoms with Crippen molar-refractivity contribution in [1.82, 2.24) is 15.2 Å². The Morgan fingerprint density at radius 1 is 1.00 bits per heavy atom. The molecule has 0 unspecified atom stereocenters. The first-order valence-corrected chi connectivity index (χ1v) is 11.2. The molecule has 1 saturated heterocycles. The number of nitrogens with one attached hydrogen (secondary N) is 1. The van der Waals surface area contributed by atoms with E-state index < -0.39 is 5.41 Å². The second kappa shape index (κ2) is 9.77. The van der Waals surface area contributed by atoms with E-state index in [1.165, 1.54) is 0 Å². The summed E-state index contributed by atoms with van der Waals surface area (Å²) in [7, 11) is 0. The van der Waals surface area contributed by atoms with Crippen LogP contribution in [0.25, 0.3) is 11.1 Å². The van der Waals surface area contributed by atoms with Crippen molar-refractivity contribution in [2.45, 2.75) is 26.2 Å². The number of rotatable bonds is 7. The smallest absolute Gasteiger partial charge is 0.228 e. The Labute approximate surface area is 189 Å². The van der Waals surface area contributed by atoms with E-state index in [0.29, 0.717) is 38.9 Å². The molecular formula is C27H29N3O2. The van der Waals surface area contributed by atoms with Crippen molar-refractivity contribution in [3.63, 3.8) is 0 Å². The largest absolute Gasteiger partial charge is 0.356 e. The molecule has 1 atom stereocenters. The molecule has 2 amide bonds. The molecule has 4 rings (SSSR count). The van der Waals surface area contributed by atoms with Gasteiger partial charge in [0, 0.05) is 32.0 Å². The lowest BCUT2D eigenvalue weighted by Crippen LogP contribution is -2.45. The van der Waals surface area contributed by atoms with Crippen molar-refractivity contribution < 1.29 is 9.59 Å². The average molecular weight is 428 g/mol. The zero-order chi connectivity index (χ0) is 22.4. The molecule has 1 N–H and O–H groups in total. The number of likely N-dealkylation sites (tertiary alicyclic amines) is 1. The third-order valence-corrected chi connectivity index (χ3v) is 6.18. The lowest BCUT2D eigenvalue weighted by Gasteiger charge is -2.28. The average Bonchev–Trinajstić information content (AvgIpc) is 3.26. The molecule has 5 heteroatoms. The molecule has 32 heavy (non-hydrogen) atoms. The van der Waals surface area contributed by atoms with Gasteiger partial charge in [-0.2, -0.15) is 0 Å². The highest BCUT2D eigenvalue weighted by Crippen LogP contribution is 2.36. The third kappa shape index (κ3) is 4.88. The van der Waals surface area contributed by atoms with Crippen LogP contribution in [0.15, 0.2) is 79.1 Å². The maximum absolute atomic E-state index is 13.2. The summed E-state index contributed by atoms with van der Waals surface area (Å²) in [5.74, 6) is 0.0731. The zero-order valence-corrected chi connectivity index (χ0v) is 18.5. The van der Waals surface area contributed by atoms with Crippen molar-refractivity contribution in [2.24, 2.45) is 5.41 Å². The van der Waals surface area contributed by atoms with Crippen LogP contribution in [0.4, 0.5) is 0 Å². The molecule has 1 aliphatic heterocycles. The Hall–Kier alpha value is -3.47. The Morgan fingerprint density at radius 3 is 2.53 bits per heavy atom. The molecule has 1 fully saturated rings. The number of benzene rings is 2. The number of nitrogens with zero attached hydrogens (tertiary/aromatic N) is 2. The summed E-state index contributed by atoms with van der Waals surface area (Å²) >= 11 is 0. The van der Waals surface area contributed by atoms with Gasteiger partial charge >= 0.3 is 0 Å². The van der Waals surface area contributed by atoms with Gasteiger partial charge in [0.2, 0.25) is 11.8 Å². The molecule has 0 spiro atoms. The van der Waals surface area contributed by atoms with Crippen LogP contribution < -0.4 is 5.32 Å². The normalized spacial score (nSPS) is 17.8. The molecule has 5 nitrogen and oxygen atoms in total. The number of pyridine rings is 1. The fraction of sp³-hybridized carbons (Fsp3) is 0.296. The predicted molar refractivity (Wildman–Crippen MR) is 126 cm³/mol. The molecule has 0 bridgehead atoms. The summed E-state index contributed by atoms with van der Waals surface area (Å²) < 4.78 is 0. The lowest BCUT2D eigenvalue weighted by molar-refractivity contribution is -0.132. The Balaban J connectivity index is 1.54. The predicted octanol–water partition coefficient (Wildman–Crippen LogP) is 3.89. The second-order valence-corrected chi connectivity index (χ2v) is 8.49. The van der Waals surface area contributed by atoms with Crippen LogP contribution in [0.1, 0.15) is 24.5 Å². The van der Waals surface area contributed by atoms with Gasteiger partial charge in [-0.05, 0) is 48.1 Å². The Morgan fingerprint density at radius 2 is 1.78 bits per heavy atom. The van der Waals surface area contributed by atoms with E-state index >= 15 is 0 Å². The van der Waals surface area contributed by atoms with Crippen molar-refractivity contribution >= 4 is 11.8 Å². The van der Waals surface area contributed by atoms with Crippen molar-refractivity contribution in [3.8, 4) is 11.1 Å². The summed E-state index contributed by atoms with van der Waals surface area (Å²) in [5, 5.41) is 3.02. The quantitative estimate of drug-likeness (QED) is 0.622. The van der Waals surface area contributed by atoms with Gasteiger partial charge in [0.1, 0.15) is 0 Å². The summed E-state index contributed by atoms with van der Waals surface area (Å²) in [6.07, 6.45) is 5.00. The van der Waals surface area contributed by atoms with Crippen molar-refractivity contribution in [3.05, 3.63) is 90.3 Å². The first kappa shape index (κ1) is 21.8. The summed E-state index contributed by atoms with van der Waals surface area (Å²) in [6, 6.07) is 22.4. The molecule has 164 valence electrons. The molecule has 2 aromatic carbocycles. The minimum Gasteiger partial charge on any atom is -0.356 e. The molecule has 1 aliphatic rings. The van der Waals surface area contributed by atoms with Crippen molar-refractivity contribution in [2.75, 3.05) is 19.6 Å². The molecular weight excluding hydrogens is 398 g/mol. The van der Waals surface area contributed by atoms with E-state index in [9.17, 15) is 9.59 Å². The van der Waals surface area contributed by atoms with Crippen LogP contribution in [0.5, 0.6) is 0 Å². The van der Waals surface area contributed by atoms with Gasteiger partial charge < -0.3 is 10.2 Å². The highest BCUT2D eigenvalue weighted by Gasteiger charge is 2.45. The molecule has 0 radical (unpaired) electrons. The Bertz CT molecular complexity index is 1070. The Kier molecular flexibility index (Phi) is 6.64. The number of aromatic nitrogens is 1. The van der Waals surface area contributed by atoms with Gasteiger partial charge in [0.15, 0.2) is 0 Å². The summed E-state index contributed by atoms with van der Waals surface area (Å²) in [6.45, 7) is 3.54. The zero-order valence-electron chi connectivity index (χ0n) is 18.5. The van der Waals surface area contributed by atoms with Crippen LogP contribution in [-0.4, -0.2) is 41.3 Å². The molecule has 0 aliphatic carbocycles. The lowest BCUT2D eigenvalue weighted by atomic mass is 9.79. The van der Waals surface area contributed by atoms with Gasteiger partial charge in [-0.1, -0.05) is 60.7 Å². The SMILES string of the molecule is CCNC(=O)[C@@]1(Cc2cccc(-c3ccccc3)c2)CCN(C(=O)Cc2cccnc2)C1. The van der Waals surface area contributed by atoms with E-state index in [4.69, 9.17) is 0 Å². The van der Waals surface area contributed by atoms with E-state index in [1.54, 1.807) is 12.4 Å². The second-order valence-electron chi connectivity index (χ2n) is 8.49. The van der Waals surface area contributed by atoms with Gasteiger partial charge in [0.25, 0.3) is 0 Å². The van der Waals surface area contributed by atoms with Gasteiger partial charge in [-0.15, -0.1) is 0 Å². The van der Waals surface area contributed by atoms with Gasteiger partial charge in [0.05, 0.1) is 11.8 Å². The third-order valence-electron chi connectivity index (χ3n) is 6.18. The monoisotopic (exact) mass is 427 g/mol. The molecule has 2 heterocycles. The van der Waals surface area contributed by atoms with Crippen LogP contribution in [-0.2, 0) is 22.4 Å². The molecule has 0 saturated carbocycles. The first-order valence-electron chi connectivity index (χ1n) is 11.2. The standard InChI is InChI=1S/C27H29N3O2/c1-2-29-26(32)27(13-15-30(20-27)25(31)17-22-9-7-14-28-19-22)18-21-8-6-12-24(16-21)23-10-4-3-5-11-23/h3-12,14,16,19H,2,13,15,17-18,20H2,1H3,(H,29,32)/t27-/m1/s1. The van der Waals surface area contributed by atoms with Crippen LogP contribution in [0, 0.1) is 5.41 Å². The highest BCUT2D eigenvalue weighted by atomic mass is 16.2. The van der Waals surface area contributed by atoms with Crippen LogP contribution >= 0.6 is 0 Å². The van der Waals surface area contributed by atoms with E-state index in [1.807, 2.05) is 48.2 Å². The maximum Gasteiger partial charge on any atom is 0.228 e. The first-order chi connectivity index (χ1) is 15.6.